The molecule has 0 amide bonds. The summed E-state index contributed by atoms with van der Waals surface area (Å²) in [5.41, 5.74) is 1.000. The lowest BCUT2D eigenvalue weighted by atomic mass is 10.1. The first-order valence-corrected chi connectivity index (χ1v) is 8.91. The third-order valence-electron chi connectivity index (χ3n) is 4.22. The molecule has 1 aliphatic heterocycles. The number of nitrogens with zero attached hydrogens (tertiary/aromatic N) is 3. The van der Waals surface area contributed by atoms with Crippen LogP contribution in [0.3, 0.4) is 0 Å². The van der Waals surface area contributed by atoms with Crippen molar-refractivity contribution in [3.8, 4) is 0 Å². The van der Waals surface area contributed by atoms with Gasteiger partial charge in [0.15, 0.2) is 0 Å². The van der Waals surface area contributed by atoms with Crippen LogP contribution < -0.4 is 0 Å². The van der Waals surface area contributed by atoms with Crippen LogP contribution in [0.15, 0.2) is 24.3 Å². The molecule has 1 heterocycles. The van der Waals surface area contributed by atoms with E-state index in [1.165, 1.54) is 6.07 Å². The van der Waals surface area contributed by atoms with Crippen molar-refractivity contribution < 1.29 is 17.8 Å². The Morgan fingerprint density at radius 2 is 1.95 bits per heavy atom. The first kappa shape index (κ1) is 16.9. The van der Waals surface area contributed by atoms with Crippen molar-refractivity contribution in [3.63, 3.8) is 0 Å². The van der Waals surface area contributed by atoms with Gasteiger partial charge in [0.05, 0.1) is 43.9 Å². The highest BCUT2D eigenvalue weighted by Gasteiger charge is 2.33. The van der Waals surface area contributed by atoms with Crippen molar-refractivity contribution in [2.45, 2.75) is 13.5 Å². The molecule has 0 spiro atoms. The van der Waals surface area contributed by atoms with Crippen LogP contribution in [0.25, 0.3) is 0 Å². The first-order chi connectivity index (χ1) is 10.3. The molecule has 0 bridgehead atoms. The summed E-state index contributed by atoms with van der Waals surface area (Å²) >= 11 is 0. The summed E-state index contributed by atoms with van der Waals surface area (Å²) < 4.78 is 26.0. The van der Waals surface area contributed by atoms with E-state index < -0.39 is 14.9 Å². The summed E-state index contributed by atoms with van der Waals surface area (Å²) in [5, 5.41) is 10.8. The molecule has 0 N–H and O–H groups in total. The van der Waals surface area contributed by atoms with Crippen LogP contribution in [0.4, 0.5) is 5.69 Å². The molecule has 2 rings (SSSR count). The minimum Gasteiger partial charge on any atom is -0.320 e. The van der Waals surface area contributed by atoms with Crippen LogP contribution in [0.5, 0.6) is 0 Å². The second-order valence-corrected chi connectivity index (χ2v) is 8.21. The van der Waals surface area contributed by atoms with Gasteiger partial charge in [0.2, 0.25) is 10.0 Å². The van der Waals surface area contributed by atoms with Gasteiger partial charge in [0.1, 0.15) is 6.54 Å². The topological polar surface area (TPSA) is 80.5 Å². The number of likely N-dealkylation sites (N-methyl/N-ethyl adjacent to an activating group) is 1. The van der Waals surface area contributed by atoms with E-state index in [9.17, 15) is 18.5 Å². The van der Waals surface area contributed by atoms with Gasteiger partial charge in [-0.3, -0.25) is 10.1 Å². The van der Waals surface area contributed by atoms with Crippen LogP contribution >= 0.6 is 0 Å². The Balaban J connectivity index is 2.05. The number of nitro groups is 1. The normalized spacial score (nSPS) is 19.0. The molecule has 1 fully saturated rings. The second kappa shape index (κ2) is 6.31. The minimum atomic E-state index is -3.13. The van der Waals surface area contributed by atoms with E-state index in [2.05, 4.69) is 7.05 Å². The lowest BCUT2D eigenvalue weighted by molar-refractivity contribution is -0.925. The van der Waals surface area contributed by atoms with Crippen molar-refractivity contribution in [2.24, 2.45) is 0 Å². The van der Waals surface area contributed by atoms with Gasteiger partial charge in [-0.05, 0) is 6.92 Å². The summed E-state index contributed by atoms with van der Waals surface area (Å²) in [6, 6.07) is 6.65. The number of hydrogen-bond donors (Lipinski definition) is 0. The van der Waals surface area contributed by atoms with Gasteiger partial charge in [-0.1, -0.05) is 12.1 Å². The van der Waals surface area contributed by atoms with E-state index in [0.29, 0.717) is 37.2 Å². The third kappa shape index (κ3) is 3.82. The largest absolute Gasteiger partial charge is 0.320 e. The van der Waals surface area contributed by atoms with Crippen LogP contribution in [-0.2, 0) is 16.6 Å². The maximum atomic E-state index is 11.9. The highest BCUT2D eigenvalue weighted by atomic mass is 32.2. The molecule has 22 heavy (non-hydrogen) atoms. The smallest absolute Gasteiger partial charge is 0.269 e. The monoisotopic (exact) mass is 328 g/mol. The fourth-order valence-corrected chi connectivity index (χ4v) is 3.84. The lowest BCUT2D eigenvalue weighted by Crippen LogP contribution is -2.57. The van der Waals surface area contributed by atoms with Crippen molar-refractivity contribution in [2.75, 3.05) is 39.0 Å². The maximum absolute atomic E-state index is 11.9. The molecule has 8 heteroatoms. The molecule has 0 radical (unpaired) electrons. The molecular formula is C14H22N3O4S+. The fourth-order valence-electron chi connectivity index (χ4n) is 2.76. The standard InChI is InChI=1S/C14H22N3O4S/c1-3-22(20,21)15-7-9-17(2,10-8-15)12-13-5-4-6-14(11-13)16(18)19/h4-6,11H,3,7-10,12H2,1-2H3/q+1. The average molecular weight is 328 g/mol. The molecule has 0 atom stereocenters. The SMILES string of the molecule is CCS(=O)(=O)N1CC[N+](C)(Cc2cccc([N+](=O)[O-])c2)CC1. The number of hydrogen-bond acceptors (Lipinski definition) is 4. The van der Waals surface area contributed by atoms with Gasteiger partial charge < -0.3 is 4.48 Å². The molecule has 0 unspecified atom stereocenters. The molecule has 1 saturated heterocycles. The molecule has 122 valence electrons. The number of benzene rings is 1. The highest BCUT2D eigenvalue weighted by Crippen LogP contribution is 2.20. The van der Waals surface area contributed by atoms with Crippen LogP contribution in [0, 0.1) is 10.1 Å². The third-order valence-corrected chi connectivity index (χ3v) is 6.10. The van der Waals surface area contributed by atoms with Crippen LogP contribution in [0.1, 0.15) is 12.5 Å². The van der Waals surface area contributed by atoms with E-state index in [1.807, 2.05) is 6.07 Å². The van der Waals surface area contributed by atoms with Gasteiger partial charge in [0.25, 0.3) is 5.69 Å². The highest BCUT2D eigenvalue weighted by molar-refractivity contribution is 7.89. The summed E-state index contributed by atoms with van der Waals surface area (Å²) in [4.78, 5) is 10.4. The zero-order chi connectivity index (χ0) is 16.4. The molecule has 0 saturated carbocycles. The lowest BCUT2D eigenvalue weighted by Gasteiger charge is -2.41. The molecule has 1 aromatic carbocycles. The van der Waals surface area contributed by atoms with E-state index in [-0.39, 0.29) is 11.4 Å². The zero-order valence-corrected chi connectivity index (χ0v) is 13.8. The molecule has 7 nitrogen and oxygen atoms in total. The Labute approximate surface area is 130 Å². The zero-order valence-electron chi connectivity index (χ0n) is 12.9. The summed E-state index contributed by atoms with van der Waals surface area (Å²) in [7, 11) is -1.06. The minimum absolute atomic E-state index is 0.0938. The number of nitro benzene ring substituents is 1. The summed E-state index contributed by atoms with van der Waals surface area (Å²) in [6.45, 7) is 4.75. The summed E-state index contributed by atoms with van der Waals surface area (Å²) in [6.07, 6.45) is 0. The number of rotatable bonds is 5. The summed E-state index contributed by atoms with van der Waals surface area (Å²) in [5.74, 6) is 0.127. The molecular weight excluding hydrogens is 306 g/mol. The van der Waals surface area contributed by atoms with Crippen LogP contribution in [0.2, 0.25) is 0 Å². The molecule has 0 aliphatic carbocycles. The van der Waals surface area contributed by atoms with Gasteiger partial charge in [-0.15, -0.1) is 0 Å². The number of piperazine rings is 1. The van der Waals surface area contributed by atoms with E-state index in [0.717, 1.165) is 5.56 Å². The van der Waals surface area contributed by atoms with Gasteiger partial charge in [0, 0.05) is 17.7 Å². The Morgan fingerprint density at radius 3 is 2.50 bits per heavy atom. The predicted molar refractivity (Wildman–Crippen MR) is 83.8 cm³/mol. The number of sulfonamides is 1. The number of non-ortho nitro benzene ring substituents is 1. The van der Waals surface area contributed by atoms with Crippen molar-refractivity contribution in [1.29, 1.82) is 0 Å². The van der Waals surface area contributed by atoms with Gasteiger partial charge in [-0.25, -0.2) is 8.42 Å². The van der Waals surface area contributed by atoms with Gasteiger partial charge in [-0.2, -0.15) is 4.31 Å². The van der Waals surface area contributed by atoms with Crippen molar-refractivity contribution in [1.82, 2.24) is 4.31 Å². The van der Waals surface area contributed by atoms with Crippen molar-refractivity contribution in [3.05, 3.63) is 39.9 Å². The van der Waals surface area contributed by atoms with E-state index in [4.69, 9.17) is 0 Å². The van der Waals surface area contributed by atoms with Crippen LogP contribution in [-0.4, -0.2) is 61.1 Å². The Bertz CT molecular complexity index is 652. The van der Waals surface area contributed by atoms with E-state index >= 15 is 0 Å². The Hall–Kier alpha value is -1.51. The fraction of sp³-hybridized carbons (Fsp3) is 0.571. The molecule has 0 aromatic heterocycles. The second-order valence-electron chi connectivity index (χ2n) is 5.95. The Kier molecular flexibility index (Phi) is 4.84. The number of quaternary nitrogens is 1. The Morgan fingerprint density at radius 1 is 1.32 bits per heavy atom. The van der Waals surface area contributed by atoms with Gasteiger partial charge >= 0.3 is 0 Å². The predicted octanol–water partition coefficient (Wildman–Crippen LogP) is 1.21. The first-order valence-electron chi connectivity index (χ1n) is 7.30. The maximum Gasteiger partial charge on any atom is 0.269 e. The van der Waals surface area contributed by atoms with Crippen molar-refractivity contribution >= 4 is 15.7 Å². The quantitative estimate of drug-likeness (QED) is 0.462. The molecule has 1 aliphatic rings. The molecule has 1 aromatic rings. The van der Waals surface area contributed by atoms with E-state index in [1.54, 1.807) is 23.4 Å². The average Bonchev–Trinajstić information content (AvgIpc) is 2.47.